The summed E-state index contributed by atoms with van der Waals surface area (Å²) in [5.41, 5.74) is 0. The van der Waals surface area contributed by atoms with Crippen molar-refractivity contribution in [2.45, 2.75) is 32.6 Å². The van der Waals surface area contributed by atoms with Crippen molar-refractivity contribution in [3.63, 3.8) is 0 Å². The minimum atomic E-state index is -1.60. The molecule has 6 heteroatoms. The Morgan fingerprint density at radius 3 is 2.56 bits per heavy atom. The van der Waals surface area contributed by atoms with Gasteiger partial charge in [-0.3, -0.25) is 4.21 Å². The van der Waals surface area contributed by atoms with Crippen LogP contribution in [0.5, 0.6) is 0 Å². The van der Waals surface area contributed by atoms with Gasteiger partial charge in [-0.05, 0) is 12.5 Å². The fraction of sp³-hybridized carbons (Fsp3) is 0.750. The minimum absolute atomic E-state index is 0.191. The highest BCUT2D eigenvalue weighted by Gasteiger charge is 2.07. The maximum Gasteiger partial charge on any atom is 0.409 e. The van der Waals surface area contributed by atoms with E-state index in [2.05, 4.69) is 6.92 Å². The van der Waals surface area contributed by atoms with Gasteiger partial charge in [0.25, 0.3) is 0 Å². The van der Waals surface area contributed by atoms with Crippen LogP contribution in [0, 0.1) is 0 Å². The van der Waals surface area contributed by atoms with Crippen molar-refractivity contribution in [3.8, 4) is 0 Å². The Labute approximate surface area is 111 Å². The third-order valence-corrected chi connectivity index (χ3v) is 3.48. The van der Waals surface area contributed by atoms with E-state index in [1.165, 1.54) is 19.0 Å². The predicted octanol–water partition coefficient (Wildman–Crippen LogP) is 2.82. The first-order valence-corrected chi connectivity index (χ1v) is 7.39. The molecule has 106 valence electrons. The van der Waals surface area contributed by atoms with Crippen LogP contribution in [0.15, 0.2) is 11.2 Å². The highest BCUT2D eigenvalue weighted by molar-refractivity contribution is 7.88. The monoisotopic (exact) mass is 279 g/mol. The molecule has 0 bridgehead atoms. The summed E-state index contributed by atoms with van der Waals surface area (Å²) in [6.45, 7) is 1.89. The summed E-state index contributed by atoms with van der Waals surface area (Å²) in [7, 11) is 1.47. The van der Waals surface area contributed by atoms with E-state index in [0.29, 0.717) is 5.75 Å². The molecule has 1 unspecified atom stereocenters. The lowest BCUT2D eigenvalue weighted by molar-refractivity contribution is 0.129. The summed E-state index contributed by atoms with van der Waals surface area (Å²) >= 11 is 0. The van der Waals surface area contributed by atoms with Crippen molar-refractivity contribution >= 4 is 16.9 Å². The lowest BCUT2D eigenvalue weighted by atomic mass is 10.2. The largest absolute Gasteiger partial charge is 0.445 e. The molecule has 0 aliphatic rings. The molecule has 1 atom stereocenters. The molecule has 0 aromatic rings. The van der Waals surface area contributed by atoms with Gasteiger partial charge in [-0.1, -0.05) is 26.2 Å². The summed E-state index contributed by atoms with van der Waals surface area (Å²) < 4.78 is 29.4. The van der Waals surface area contributed by atoms with E-state index in [-0.39, 0.29) is 6.61 Å². The van der Waals surface area contributed by atoms with Crippen LogP contribution < -0.4 is 0 Å². The Bertz CT molecular complexity index is 306. The molecule has 0 heterocycles. The van der Waals surface area contributed by atoms with Gasteiger partial charge in [-0.15, -0.1) is 0 Å². The summed E-state index contributed by atoms with van der Waals surface area (Å²) in [6.07, 6.45) is 4.38. The zero-order valence-electron chi connectivity index (χ0n) is 11.3. The summed E-state index contributed by atoms with van der Waals surface area (Å²) in [4.78, 5) is 12.3. The quantitative estimate of drug-likeness (QED) is 0.642. The standard InChI is InChI=1S/C12H22FNO3S/c1-4-5-6-7-10-18(16)11(13)8-9-17-12(15)14(2)3/h8H,4-7,9-10H2,1-3H3/b11-8-. The van der Waals surface area contributed by atoms with Crippen LogP contribution in [0.3, 0.4) is 0 Å². The number of amides is 1. The highest BCUT2D eigenvalue weighted by atomic mass is 32.2. The van der Waals surface area contributed by atoms with Crippen molar-refractivity contribution in [2.75, 3.05) is 26.5 Å². The van der Waals surface area contributed by atoms with E-state index in [9.17, 15) is 13.4 Å². The van der Waals surface area contributed by atoms with Crippen LogP contribution in [-0.4, -0.2) is 41.7 Å². The number of hydrogen-bond donors (Lipinski definition) is 0. The van der Waals surface area contributed by atoms with Crippen LogP contribution in [-0.2, 0) is 15.5 Å². The van der Waals surface area contributed by atoms with Crippen molar-refractivity contribution in [1.82, 2.24) is 4.90 Å². The Kier molecular flexibility index (Phi) is 9.55. The number of nitrogens with zero attached hydrogens (tertiary/aromatic N) is 1. The molecule has 0 spiro atoms. The van der Waals surface area contributed by atoms with E-state index >= 15 is 0 Å². The molecule has 0 N–H and O–H groups in total. The van der Waals surface area contributed by atoms with Crippen molar-refractivity contribution in [2.24, 2.45) is 0 Å². The van der Waals surface area contributed by atoms with Gasteiger partial charge in [-0.25, -0.2) is 4.79 Å². The molecule has 4 nitrogen and oxygen atoms in total. The topological polar surface area (TPSA) is 46.6 Å². The number of carbonyl (C=O) groups excluding carboxylic acids is 1. The van der Waals surface area contributed by atoms with Gasteiger partial charge in [0.05, 0.1) is 10.8 Å². The van der Waals surface area contributed by atoms with Gasteiger partial charge < -0.3 is 9.64 Å². The van der Waals surface area contributed by atoms with Gasteiger partial charge in [0.1, 0.15) is 6.61 Å². The Morgan fingerprint density at radius 2 is 2.00 bits per heavy atom. The molecule has 18 heavy (non-hydrogen) atoms. The normalized spacial score (nSPS) is 13.2. The molecular formula is C12H22FNO3S. The summed E-state index contributed by atoms with van der Waals surface area (Å²) in [5.74, 6) is 0.323. The number of ether oxygens (including phenoxy) is 1. The summed E-state index contributed by atoms with van der Waals surface area (Å²) in [5, 5.41) is -0.710. The highest BCUT2D eigenvalue weighted by Crippen LogP contribution is 2.08. The van der Waals surface area contributed by atoms with Crippen molar-refractivity contribution in [1.29, 1.82) is 0 Å². The second-order valence-corrected chi connectivity index (χ2v) is 5.58. The smallest absolute Gasteiger partial charge is 0.409 e. The average Bonchev–Trinajstić information content (AvgIpc) is 2.33. The molecule has 0 saturated carbocycles. The fourth-order valence-corrected chi connectivity index (χ4v) is 2.07. The molecule has 0 saturated heterocycles. The van der Waals surface area contributed by atoms with E-state index < -0.39 is 22.1 Å². The predicted molar refractivity (Wildman–Crippen MR) is 71.4 cm³/mol. The number of halogens is 1. The zero-order valence-corrected chi connectivity index (χ0v) is 12.1. The fourth-order valence-electron chi connectivity index (χ4n) is 1.16. The van der Waals surface area contributed by atoms with Crippen LogP contribution in [0.2, 0.25) is 0 Å². The maximum atomic E-state index is 13.3. The molecule has 0 aliphatic carbocycles. The molecule has 0 radical (unpaired) electrons. The van der Waals surface area contributed by atoms with Crippen LogP contribution in [0.4, 0.5) is 9.18 Å². The first kappa shape index (κ1) is 17.1. The van der Waals surface area contributed by atoms with Gasteiger partial charge in [0.15, 0.2) is 5.16 Å². The van der Waals surface area contributed by atoms with Gasteiger partial charge in [0.2, 0.25) is 0 Å². The number of rotatable bonds is 8. The second-order valence-electron chi connectivity index (χ2n) is 4.09. The molecule has 0 fully saturated rings. The second kappa shape index (κ2) is 10.1. The third kappa shape index (κ3) is 8.22. The molecular weight excluding hydrogens is 257 g/mol. The maximum absolute atomic E-state index is 13.3. The number of unbranched alkanes of at least 4 members (excludes halogenated alkanes) is 3. The van der Waals surface area contributed by atoms with Crippen LogP contribution in [0.25, 0.3) is 0 Å². The molecule has 0 aliphatic heterocycles. The first-order chi connectivity index (χ1) is 8.49. The third-order valence-electron chi connectivity index (χ3n) is 2.22. The Balaban J connectivity index is 3.87. The Morgan fingerprint density at radius 1 is 1.33 bits per heavy atom. The van der Waals surface area contributed by atoms with Gasteiger partial charge in [-0.2, -0.15) is 4.39 Å². The van der Waals surface area contributed by atoms with E-state index in [1.54, 1.807) is 0 Å². The van der Waals surface area contributed by atoms with E-state index in [4.69, 9.17) is 4.74 Å². The lowest BCUT2D eigenvalue weighted by Crippen LogP contribution is -2.22. The SMILES string of the molecule is CCCCCCS(=O)/C(F)=C\COC(=O)N(C)C. The van der Waals surface area contributed by atoms with Gasteiger partial charge in [0, 0.05) is 19.8 Å². The lowest BCUT2D eigenvalue weighted by Gasteiger charge is -2.09. The minimum Gasteiger partial charge on any atom is -0.445 e. The van der Waals surface area contributed by atoms with Crippen molar-refractivity contribution < 1.29 is 18.1 Å². The van der Waals surface area contributed by atoms with Crippen LogP contribution in [0.1, 0.15) is 32.6 Å². The zero-order chi connectivity index (χ0) is 14.0. The molecule has 1 amide bonds. The Hall–Kier alpha value is -0.910. The van der Waals surface area contributed by atoms with Gasteiger partial charge >= 0.3 is 6.09 Å². The van der Waals surface area contributed by atoms with Crippen LogP contribution >= 0.6 is 0 Å². The molecule has 0 aromatic carbocycles. The average molecular weight is 279 g/mol. The number of carbonyl (C=O) groups is 1. The van der Waals surface area contributed by atoms with E-state index in [0.717, 1.165) is 31.8 Å². The number of hydrogen-bond acceptors (Lipinski definition) is 3. The van der Waals surface area contributed by atoms with Crippen molar-refractivity contribution in [3.05, 3.63) is 11.2 Å². The van der Waals surface area contributed by atoms with E-state index in [1.807, 2.05) is 0 Å². The molecule has 0 rings (SSSR count). The summed E-state index contributed by atoms with van der Waals surface area (Å²) in [6, 6.07) is 0. The first-order valence-electron chi connectivity index (χ1n) is 6.07. The molecule has 0 aromatic heterocycles.